The van der Waals surface area contributed by atoms with Crippen LogP contribution in [-0.4, -0.2) is 5.78 Å². The van der Waals surface area contributed by atoms with Gasteiger partial charge in [-0.2, -0.15) is 0 Å². The molecule has 0 radical (unpaired) electrons. The number of carbonyl (C=O) groups excluding carboxylic acids is 1. The molecule has 0 aromatic heterocycles. The Balaban J connectivity index is 3.74. The summed E-state index contributed by atoms with van der Waals surface area (Å²) >= 11 is 0. The Hall–Kier alpha value is -0.850. The lowest BCUT2D eigenvalue weighted by Crippen LogP contribution is -2.13. The summed E-state index contributed by atoms with van der Waals surface area (Å²) < 4.78 is 0. The van der Waals surface area contributed by atoms with Gasteiger partial charge in [0.2, 0.25) is 0 Å². The molecule has 0 amide bonds. The summed E-state index contributed by atoms with van der Waals surface area (Å²) in [6.07, 6.45) is 17.7. The molecule has 0 aliphatic rings. The van der Waals surface area contributed by atoms with E-state index < -0.39 is 0 Å². The van der Waals surface area contributed by atoms with Gasteiger partial charge in [0.1, 0.15) is 5.78 Å². The maximum Gasteiger partial charge on any atom is 0.133 e. The fourth-order valence-electron chi connectivity index (χ4n) is 2.03. The first-order valence-electron chi connectivity index (χ1n) is 7.86. The van der Waals surface area contributed by atoms with Gasteiger partial charge >= 0.3 is 0 Å². The molecule has 19 heavy (non-hydrogen) atoms. The predicted octanol–water partition coefficient (Wildman–Crippen LogP) is 5.85. The van der Waals surface area contributed by atoms with Crippen molar-refractivity contribution in [1.82, 2.24) is 0 Å². The Morgan fingerprint density at radius 2 is 1.58 bits per heavy atom. The number of Topliss-reactive ketones (excluding diaryl/α,β-unsaturated/α-hetero) is 1. The van der Waals surface area contributed by atoms with E-state index >= 15 is 0 Å². The fraction of sp³-hybridized carbons (Fsp3) is 0.722. The molecule has 0 bridgehead atoms. The largest absolute Gasteiger partial charge is 0.300 e. The zero-order valence-corrected chi connectivity index (χ0v) is 13.4. The van der Waals surface area contributed by atoms with Crippen LogP contribution >= 0.6 is 0 Å². The van der Waals surface area contributed by atoms with Crippen molar-refractivity contribution in [2.45, 2.75) is 79.1 Å². The molecule has 0 heterocycles. The highest BCUT2D eigenvalue weighted by Crippen LogP contribution is 2.23. The summed E-state index contributed by atoms with van der Waals surface area (Å²) in [5, 5.41) is 0. The van der Waals surface area contributed by atoms with E-state index in [1.807, 2.05) is 6.92 Å². The number of rotatable bonds is 11. The number of unbranched alkanes of at least 4 members (excludes halogenated alkanes) is 4. The minimum Gasteiger partial charge on any atom is -0.300 e. The number of allylic oxidation sites excluding steroid dienone is 4. The van der Waals surface area contributed by atoms with Crippen molar-refractivity contribution in [3.8, 4) is 0 Å². The van der Waals surface area contributed by atoms with Gasteiger partial charge in [0.25, 0.3) is 0 Å². The van der Waals surface area contributed by atoms with Crippen molar-refractivity contribution in [3.05, 3.63) is 24.3 Å². The Labute approximate surface area is 120 Å². The lowest BCUT2D eigenvalue weighted by atomic mass is 9.86. The quantitative estimate of drug-likeness (QED) is 0.338. The van der Waals surface area contributed by atoms with Crippen LogP contribution in [-0.2, 0) is 4.79 Å². The van der Waals surface area contributed by atoms with E-state index in [1.165, 1.54) is 25.7 Å². The van der Waals surface area contributed by atoms with E-state index in [1.54, 1.807) is 0 Å². The molecule has 0 atom stereocenters. The standard InChI is InChI=1S/C18H32O/c1-5-7-8-9-10-11-12-13-14-15-18(3,4)16-17(19)6-2/h10-11,14-15H,5-9,12-13,16H2,1-4H3/b11-10+,15-14+. The van der Waals surface area contributed by atoms with Gasteiger partial charge in [-0.3, -0.25) is 4.79 Å². The van der Waals surface area contributed by atoms with Crippen LogP contribution in [0.3, 0.4) is 0 Å². The van der Waals surface area contributed by atoms with Crippen LogP contribution < -0.4 is 0 Å². The molecule has 0 fully saturated rings. The molecule has 1 heteroatoms. The average Bonchev–Trinajstić information content (AvgIpc) is 2.36. The van der Waals surface area contributed by atoms with Crippen LogP contribution in [0.1, 0.15) is 79.1 Å². The molecule has 0 aliphatic heterocycles. The molecule has 0 N–H and O–H groups in total. The van der Waals surface area contributed by atoms with Crippen LogP contribution in [0.2, 0.25) is 0 Å². The Kier molecular flexibility index (Phi) is 10.5. The van der Waals surface area contributed by atoms with Crippen molar-refractivity contribution in [2.75, 3.05) is 0 Å². The maximum atomic E-state index is 11.4. The lowest BCUT2D eigenvalue weighted by molar-refractivity contribution is -0.120. The molecule has 0 saturated carbocycles. The van der Waals surface area contributed by atoms with Crippen LogP contribution in [0.4, 0.5) is 0 Å². The first kappa shape index (κ1) is 18.1. The highest BCUT2D eigenvalue weighted by Gasteiger charge is 2.16. The normalized spacial score (nSPS) is 12.6. The molecule has 0 aromatic carbocycles. The van der Waals surface area contributed by atoms with Gasteiger partial charge < -0.3 is 0 Å². The number of ketones is 1. The number of carbonyl (C=O) groups is 1. The topological polar surface area (TPSA) is 17.1 Å². The highest BCUT2D eigenvalue weighted by atomic mass is 16.1. The predicted molar refractivity (Wildman–Crippen MR) is 85.4 cm³/mol. The van der Waals surface area contributed by atoms with Crippen LogP contribution in [0.15, 0.2) is 24.3 Å². The first-order valence-corrected chi connectivity index (χ1v) is 7.86. The van der Waals surface area contributed by atoms with Gasteiger partial charge in [0, 0.05) is 12.8 Å². The van der Waals surface area contributed by atoms with Crippen LogP contribution in [0, 0.1) is 5.41 Å². The van der Waals surface area contributed by atoms with Crippen molar-refractivity contribution < 1.29 is 4.79 Å². The van der Waals surface area contributed by atoms with Gasteiger partial charge in [-0.05, 0) is 31.1 Å². The monoisotopic (exact) mass is 264 g/mol. The van der Waals surface area contributed by atoms with Crippen molar-refractivity contribution in [1.29, 1.82) is 0 Å². The van der Waals surface area contributed by atoms with E-state index in [4.69, 9.17) is 0 Å². The van der Waals surface area contributed by atoms with Gasteiger partial charge in [-0.15, -0.1) is 0 Å². The third-order valence-electron chi connectivity index (χ3n) is 3.26. The van der Waals surface area contributed by atoms with Crippen molar-refractivity contribution in [3.63, 3.8) is 0 Å². The molecular weight excluding hydrogens is 232 g/mol. The smallest absolute Gasteiger partial charge is 0.133 e. The zero-order chi connectivity index (χ0) is 14.6. The molecule has 0 aliphatic carbocycles. The minimum absolute atomic E-state index is 0.0118. The zero-order valence-electron chi connectivity index (χ0n) is 13.4. The Bertz CT molecular complexity index is 284. The van der Waals surface area contributed by atoms with Gasteiger partial charge in [-0.25, -0.2) is 0 Å². The number of hydrogen-bond acceptors (Lipinski definition) is 1. The number of hydrogen-bond donors (Lipinski definition) is 0. The molecular formula is C18H32O. The summed E-state index contributed by atoms with van der Waals surface area (Å²) in [6, 6.07) is 0. The third-order valence-corrected chi connectivity index (χ3v) is 3.26. The van der Waals surface area contributed by atoms with Gasteiger partial charge in [0.15, 0.2) is 0 Å². The van der Waals surface area contributed by atoms with E-state index in [2.05, 4.69) is 45.1 Å². The van der Waals surface area contributed by atoms with Gasteiger partial charge in [0.05, 0.1) is 0 Å². The molecule has 0 unspecified atom stereocenters. The second-order valence-corrected chi connectivity index (χ2v) is 6.00. The van der Waals surface area contributed by atoms with Crippen LogP contribution in [0.5, 0.6) is 0 Å². The SMILES string of the molecule is CCCCC/C=C/CC/C=C/C(C)(C)CC(=O)CC. The third kappa shape index (κ3) is 11.9. The molecule has 0 spiro atoms. The second kappa shape index (κ2) is 11.0. The molecule has 1 nitrogen and oxygen atoms in total. The van der Waals surface area contributed by atoms with E-state index in [0.717, 1.165) is 12.8 Å². The average molecular weight is 264 g/mol. The minimum atomic E-state index is 0.0118. The summed E-state index contributed by atoms with van der Waals surface area (Å²) in [6.45, 7) is 8.44. The summed E-state index contributed by atoms with van der Waals surface area (Å²) in [5.74, 6) is 0.352. The van der Waals surface area contributed by atoms with Crippen molar-refractivity contribution >= 4 is 5.78 Å². The van der Waals surface area contributed by atoms with Crippen molar-refractivity contribution in [2.24, 2.45) is 5.41 Å². The van der Waals surface area contributed by atoms with Gasteiger partial charge in [-0.1, -0.05) is 64.8 Å². The Morgan fingerprint density at radius 1 is 0.947 bits per heavy atom. The first-order chi connectivity index (χ1) is 9.02. The lowest BCUT2D eigenvalue weighted by Gasteiger charge is -2.18. The van der Waals surface area contributed by atoms with Crippen LogP contribution in [0.25, 0.3) is 0 Å². The summed E-state index contributed by atoms with van der Waals surface area (Å²) in [7, 11) is 0. The molecule has 110 valence electrons. The summed E-state index contributed by atoms with van der Waals surface area (Å²) in [4.78, 5) is 11.4. The maximum absolute atomic E-state index is 11.4. The fourth-order valence-corrected chi connectivity index (χ4v) is 2.03. The molecule has 0 aromatic rings. The van der Waals surface area contributed by atoms with E-state index in [0.29, 0.717) is 18.6 Å². The van der Waals surface area contributed by atoms with E-state index in [9.17, 15) is 4.79 Å². The van der Waals surface area contributed by atoms with E-state index in [-0.39, 0.29) is 5.41 Å². The summed E-state index contributed by atoms with van der Waals surface area (Å²) in [5.41, 5.74) is 0.0118. The highest BCUT2D eigenvalue weighted by molar-refractivity contribution is 5.78. The Morgan fingerprint density at radius 3 is 2.21 bits per heavy atom. The molecule has 0 saturated heterocycles. The second-order valence-electron chi connectivity index (χ2n) is 6.00. The molecule has 0 rings (SSSR count).